The van der Waals surface area contributed by atoms with Gasteiger partial charge in [0, 0.05) is 18.2 Å². The molecule has 2 aromatic rings. The van der Waals surface area contributed by atoms with Crippen molar-refractivity contribution in [3.05, 3.63) is 75.3 Å². The van der Waals surface area contributed by atoms with Crippen molar-refractivity contribution in [1.29, 1.82) is 5.26 Å². The van der Waals surface area contributed by atoms with Crippen LogP contribution in [0.2, 0.25) is 0 Å². The van der Waals surface area contributed by atoms with E-state index in [0.29, 0.717) is 11.3 Å². The predicted molar refractivity (Wildman–Crippen MR) is 105 cm³/mol. The van der Waals surface area contributed by atoms with Gasteiger partial charge in [-0.05, 0) is 54.8 Å². The lowest BCUT2D eigenvalue weighted by molar-refractivity contribution is -0.384. The van der Waals surface area contributed by atoms with E-state index in [4.69, 9.17) is 4.74 Å². The summed E-state index contributed by atoms with van der Waals surface area (Å²) in [4.78, 5) is 22.3. The van der Waals surface area contributed by atoms with Crippen LogP contribution in [0.15, 0.2) is 54.1 Å². The van der Waals surface area contributed by atoms with E-state index in [1.807, 2.05) is 19.9 Å². The number of nitrogens with one attached hydrogen (secondary N) is 1. The van der Waals surface area contributed by atoms with Gasteiger partial charge in [-0.1, -0.05) is 19.1 Å². The van der Waals surface area contributed by atoms with Crippen molar-refractivity contribution >= 4 is 17.7 Å². The maximum Gasteiger partial charge on any atom is 0.269 e. The highest BCUT2D eigenvalue weighted by atomic mass is 16.6. The third-order valence-corrected chi connectivity index (χ3v) is 4.10. The molecule has 0 aliphatic heterocycles. The number of non-ortho nitro benzene ring substituents is 1. The molecule has 2 rings (SSSR count). The smallest absolute Gasteiger partial charge is 0.269 e. The number of nitro groups is 1. The van der Waals surface area contributed by atoms with Crippen molar-refractivity contribution in [3.8, 4) is 11.8 Å². The zero-order valence-electron chi connectivity index (χ0n) is 15.7. The molecule has 7 heteroatoms. The highest BCUT2D eigenvalue weighted by Crippen LogP contribution is 2.18. The van der Waals surface area contributed by atoms with E-state index in [-0.39, 0.29) is 23.9 Å². The molecule has 0 aliphatic rings. The number of amides is 1. The van der Waals surface area contributed by atoms with Crippen LogP contribution in [0.4, 0.5) is 5.69 Å². The van der Waals surface area contributed by atoms with E-state index in [1.54, 1.807) is 36.4 Å². The Balaban J connectivity index is 1.99. The molecule has 0 fully saturated rings. The van der Waals surface area contributed by atoms with Gasteiger partial charge in [-0.15, -0.1) is 0 Å². The Hall–Kier alpha value is -3.66. The van der Waals surface area contributed by atoms with Crippen LogP contribution in [-0.2, 0) is 11.4 Å². The topological polar surface area (TPSA) is 105 Å². The van der Waals surface area contributed by atoms with Gasteiger partial charge in [-0.3, -0.25) is 14.9 Å². The number of hydrogen-bond donors (Lipinski definition) is 1. The van der Waals surface area contributed by atoms with Gasteiger partial charge >= 0.3 is 0 Å². The number of nitro benzene ring substituents is 1. The minimum absolute atomic E-state index is 0.000512. The zero-order chi connectivity index (χ0) is 20.5. The van der Waals surface area contributed by atoms with E-state index < -0.39 is 10.8 Å². The minimum Gasteiger partial charge on any atom is -0.489 e. The van der Waals surface area contributed by atoms with Crippen LogP contribution >= 0.6 is 0 Å². The van der Waals surface area contributed by atoms with Gasteiger partial charge in [0.2, 0.25) is 0 Å². The number of rotatable bonds is 8. The molecule has 1 amide bonds. The van der Waals surface area contributed by atoms with Crippen LogP contribution in [0.25, 0.3) is 6.08 Å². The van der Waals surface area contributed by atoms with Crippen LogP contribution in [0.5, 0.6) is 5.75 Å². The molecular weight excluding hydrogens is 358 g/mol. The number of carbonyl (C=O) groups excluding carboxylic acids is 1. The Bertz CT molecular complexity index is 897. The van der Waals surface area contributed by atoms with Gasteiger partial charge in [-0.25, -0.2) is 0 Å². The Morgan fingerprint density at radius 3 is 2.43 bits per heavy atom. The average molecular weight is 379 g/mol. The quantitative estimate of drug-likeness (QED) is 0.323. The van der Waals surface area contributed by atoms with E-state index >= 15 is 0 Å². The first-order chi connectivity index (χ1) is 13.4. The van der Waals surface area contributed by atoms with Crippen molar-refractivity contribution in [1.82, 2.24) is 5.32 Å². The maximum absolute atomic E-state index is 12.1. The molecule has 2 aromatic carbocycles. The average Bonchev–Trinajstić information content (AvgIpc) is 2.71. The van der Waals surface area contributed by atoms with Crippen molar-refractivity contribution in [2.45, 2.75) is 32.9 Å². The summed E-state index contributed by atoms with van der Waals surface area (Å²) in [6.07, 6.45) is 2.31. The standard InChI is InChI=1S/C21H21N3O4/c1-3-15(2)23-21(25)18(13-22)12-16-6-10-20(11-7-16)28-14-17-4-8-19(9-5-17)24(26)27/h4-12,15H,3,14H2,1-2H3,(H,23,25)/b18-12+/t15-/m1/s1. The third kappa shape index (κ3) is 5.95. The van der Waals surface area contributed by atoms with Gasteiger partial charge in [0.1, 0.15) is 24.0 Å². The van der Waals surface area contributed by atoms with Crippen molar-refractivity contribution in [3.63, 3.8) is 0 Å². The summed E-state index contributed by atoms with van der Waals surface area (Å²) < 4.78 is 5.66. The molecule has 1 N–H and O–H groups in total. The first kappa shape index (κ1) is 20.6. The molecule has 0 saturated carbocycles. The molecule has 28 heavy (non-hydrogen) atoms. The van der Waals surface area contributed by atoms with E-state index in [9.17, 15) is 20.2 Å². The first-order valence-corrected chi connectivity index (χ1v) is 8.81. The molecule has 0 spiro atoms. The van der Waals surface area contributed by atoms with E-state index in [1.165, 1.54) is 18.2 Å². The molecule has 144 valence electrons. The lowest BCUT2D eigenvalue weighted by Gasteiger charge is -2.10. The van der Waals surface area contributed by atoms with E-state index in [0.717, 1.165) is 12.0 Å². The largest absolute Gasteiger partial charge is 0.489 e. The summed E-state index contributed by atoms with van der Waals surface area (Å²) in [7, 11) is 0. The van der Waals surface area contributed by atoms with Gasteiger partial charge in [0.15, 0.2) is 0 Å². The van der Waals surface area contributed by atoms with Crippen molar-refractivity contribution in [2.24, 2.45) is 0 Å². The second-order valence-corrected chi connectivity index (χ2v) is 6.23. The summed E-state index contributed by atoms with van der Waals surface area (Å²) in [5, 5.41) is 22.6. The molecule has 0 heterocycles. The number of nitrogens with zero attached hydrogens (tertiary/aromatic N) is 2. The van der Waals surface area contributed by atoms with Gasteiger partial charge < -0.3 is 10.1 Å². The molecule has 0 aromatic heterocycles. The number of carbonyl (C=O) groups is 1. The normalized spacial score (nSPS) is 12.0. The molecule has 0 radical (unpaired) electrons. The lowest BCUT2D eigenvalue weighted by Crippen LogP contribution is -2.32. The fourth-order valence-corrected chi connectivity index (χ4v) is 2.26. The SMILES string of the molecule is CC[C@@H](C)NC(=O)/C(C#N)=C/c1ccc(OCc2ccc([N+](=O)[O-])cc2)cc1. The predicted octanol–water partition coefficient (Wildman–Crippen LogP) is 4.00. The fraction of sp³-hybridized carbons (Fsp3) is 0.238. The number of hydrogen-bond acceptors (Lipinski definition) is 5. The van der Waals surface area contributed by atoms with Crippen LogP contribution in [0.1, 0.15) is 31.4 Å². The Kier molecular flexibility index (Phi) is 7.28. The van der Waals surface area contributed by atoms with Crippen molar-refractivity contribution < 1.29 is 14.5 Å². The van der Waals surface area contributed by atoms with Crippen LogP contribution in [-0.4, -0.2) is 16.9 Å². The molecule has 1 atom stereocenters. The zero-order valence-corrected chi connectivity index (χ0v) is 15.7. The summed E-state index contributed by atoms with van der Waals surface area (Å²) >= 11 is 0. The molecule has 0 bridgehead atoms. The monoisotopic (exact) mass is 379 g/mol. The number of benzene rings is 2. The van der Waals surface area contributed by atoms with Gasteiger partial charge in [-0.2, -0.15) is 5.26 Å². The lowest BCUT2D eigenvalue weighted by atomic mass is 10.1. The second kappa shape index (κ2) is 9.88. The first-order valence-electron chi connectivity index (χ1n) is 8.81. The maximum atomic E-state index is 12.1. The minimum atomic E-state index is -0.449. The Labute approximate surface area is 163 Å². The fourth-order valence-electron chi connectivity index (χ4n) is 2.26. The number of nitriles is 1. The number of ether oxygens (including phenoxy) is 1. The van der Waals surface area contributed by atoms with Crippen LogP contribution in [0.3, 0.4) is 0 Å². The van der Waals surface area contributed by atoms with Crippen LogP contribution in [0, 0.1) is 21.4 Å². The third-order valence-electron chi connectivity index (χ3n) is 4.10. The second-order valence-electron chi connectivity index (χ2n) is 6.23. The highest BCUT2D eigenvalue weighted by molar-refractivity contribution is 6.01. The molecule has 7 nitrogen and oxygen atoms in total. The summed E-state index contributed by atoms with van der Waals surface area (Å²) in [6, 6.07) is 15.0. The van der Waals surface area contributed by atoms with Gasteiger partial charge in [0.25, 0.3) is 11.6 Å². The van der Waals surface area contributed by atoms with Crippen LogP contribution < -0.4 is 10.1 Å². The molecule has 0 saturated heterocycles. The van der Waals surface area contributed by atoms with Crippen molar-refractivity contribution in [2.75, 3.05) is 0 Å². The Morgan fingerprint density at radius 1 is 1.25 bits per heavy atom. The van der Waals surface area contributed by atoms with E-state index in [2.05, 4.69) is 5.32 Å². The Morgan fingerprint density at radius 2 is 1.89 bits per heavy atom. The summed E-state index contributed by atoms with van der Waals surface area (Å²) in [6.45, 7) is 4.11. The summed E-state index contributed by atoms with van der Waals surface area (Å²) in [5.41, 5.74) is 1.59. The molecular formula is C21H21N3O4. The summed E-state index contributed by atoms with van der Waals surface area (Å²) in [5.74, 6) is 0.216. The highest BCUT2D eigenvalue weighted by Gasteiger charge is 2.11. The molecule has 0 unspecified atom stereocenters. The van der Waals surface area contributed by atoms with Gasteiger partial charge in [0.05, 0.1) is 4.92 Å². The molecule has 0 aliphatic carbocycles.